The van der Waals surface area contributed by atoms with Crippen molar-refractivity contribution in [2.45, 2.75) is 31.9 Å². The third-order valence-corrected chi connectivity index (χ3v) is 4.11. The summed E-state index contributed by atoms with van der Waals surface area (Å²) in [4.78, 5) is 23.3. The summed E-state index contributed by atoms with van der Waals surface area (Å²) in [7, 11) is 1.55. The summed E-state index contributed by atoms with van der Waals surface area (Å²) in [6, 6.07) is 6.79. The van der Waals surface area contributed by atoms with Gasteiger partial charge in [-0.1, -0.05) is 23.7 Å². The highest BCUT2D eigenvalue weighted by molar-refractivity contribution is 6.30. The molecule has 2 atom stereocenters. The standard InChI is InChI=1S/C15H18ClNO4/c1-9(17-13(18)15(7-8-15)14(19)20)12(21-2)10-3-5-11(16)6-4-10/h3-6,9,12H,7-8H2,1-2H3,(H,17,18)(H,19,20). The van der Waals surface area contributed by atoms with E-state index in [1.807, 2.05) is 12.1 Å². The molecule has 1 aliphatic carbocycles. The minimum absolute atomic E-state index is 0.347. The summed E-state index contributed by atoms with van der Waals surface area (Å²) in [5.41, 5.74) is -0.373. The van der Waals surface area contributed by atoms with Crippen molar-refractivity contribution < 1.29 is 19.4 Å². The Morgan fingerprint density at radius 2 is 1.90 bits per heavy atom. The van der Waals surface area contributed by atoms with Crippen LogP contribution in [0.2, 0.25) is 5.02 Å². The van der Waals surface area contributed by atoms with Gasteiger partial charge >= 0.3 is 5.97 Å². The number of hydrogen-bond acceptors (Lipinski definition) is 3. The monoisotopic (exact) mass is 311 g/mol. The Hall–Kier alpha value is -1.59. The fourth-order valence-corrected chi connectivity index (χ4v) is 2.49. The van der Waals surface area contributed by atoms with Gasteiger partial charge < -0.3 is 15.2 Å². The van der Waals surface area contributed by atoms with Gasteiger partial charge in [-0.3, -0.25) is 9.59 Å². The van der Waals surface area contributed by atoms with Gasteiger partial charge in [-0.15, -0.1) is 0 Å². The zero-order valence-corrected chi connectivity index (χ0v) is 12.7. The third-order valence-electron chi connectivity index (χ3n) is 3.86. The van der Waals surface area contributed by atoms with Crippen LogP contribution in [-0.2, 0) is 14.3 Å². The van der Waals surface area contributed by atoms with Gasteiger partial charge in [0.1, 0.15) is 11.5 Å². The predicted molar refractivity (Wildman–Crippen MR) is 78.1 cm³/mol. The number of carbonyl (C=O) groups excluding carboxylic acids is 1. The summed E-state index contributed by atoms with van der Waals surface area (Å²) in [5.74, 6) is -1.51. The van der Waals surface area contributed by atoms with E-state index in [9.17, 15) is 9.59 Å². The van der Waals surface area contributed by atoms with Gasteiger partial charge in [-0.2, -0.15) is 0 Å². The zero-order chi connectivity index (χ0) is 15.6. The number of hydrogen-bond donors (Lipinski definition) is 2. The molecule has 2 unspecified atom stereocenters. The highest BCUT2D eigenvalue weighted by Gasteiger charge is 2.57. The van der Waals surface area contributed by atoms with Crippen molar-refractivity contribution >= 4 is 23.5 Å². The minimum atomic E-state index is -1.24. The van der Waals surface area contributed by atoms with Crippen LogP contribution in [0.15, 0.2) is 24.3 Å². The van der Waals surface area contributed by atoms with E-state index in [1.165, 1.54) is 0 Å². The van der Waals surface area contributed by atoms with Crippen molar-refractivity contribution in [3.8, 4) is 0 Å². The molecule has 1 aromatic rings. The molecular formula is C15H18ClNO4. The Bertz CT molecular complexity index is 539. The number of carboxylic acid groups (broad SMARTS) is 1. The molecule has 5 nitrogen and oxygen atoms in total. The lowest BCUT2D eigenvalue weighted by Crippen LogP contribution is -2.44. The summed E-state index contributed by atoms with van der Waals surface area (Å²) < 4.78 is 5.43. The Balaban J connectivity index is 2.07. The molecular weight excluding hydrogens is 294 g/mol. The molecule has 0 spiro atoms. The molecule has 1 amide bonds. The Morgan fingerprint density at radius 3 is 2.33 bits per heavy atom. The largest absolute Gasteiger partial charge is 0.480 e. The molecule has 0 bridgehead atoms. The number of carboxylic acids is 1. The number of rotatable bonds is 6. The van der Waals surface area contributed by atoms with Crippen molar-refractivity contribution in [1.29, 1.82) is 0 Å². The zero-order valence-electron chi connectivity index (χ0n) is 11.9. The first-order chi connectivity index (χ1) is 9.90. The molecule has 0 heterocycles. The van der Waals surface area contributed by atoms with Crippen molar-refractivity contribution in [3.05, 3.63) is 34.9 Å². The van der Waals surface area contributed by atoms with Gasteiger partial charge in [0.2, 0.25) is 5.91 Å². The number of amides is 1. The quantitative estimate of drug-likeness (QED) is 0.791. The number of carbonyl (C=O) groups is 2. The first-order valence-electron chi connectivity index (χ1n) is 6.73. The number of ether oxygens (including phenoxy) is 1. The molecule has 2 rings (SSSR count). The van der Waals surface area contributed by atoms with Gasteiger partial charge in [-0.05, 0) is 37.5 Å². The van der Waals surface area contributed by atoms with E-state index in [-0.39, 0.29) is 12.1 Å². The van der Waals surface area contributed by atoms with Crippen LogP contribution in [0.5, 0.6) is 0 Å². The maximum atomic E-state index is 12.1. The lowest BCUT2D eigenvalue weighted by molar-refractivity contribution is -0.149. The third kappa shape index (κ3) is 3.19. The van der Waals surface area contributed by atoms with E-state index in [1.54, 1.807) is 26.2 Å². The highest BCUT2D eigenvalue weighted by Crippen LogP contribution is 2.46. The van der Waals surface area contributed by atoms with Crippen LogP contribution in [-0.4, -0.2) is 30.1 Å². The summed E-state index contributed by atoms with van der Waals surface area (Å²) in [5, 5.41) is 12.5. The van der Waals surface area contributed by atoms with Gasteiger partial charge in [-0.25, -0.2) is 0 Å². The second-order valence-corrected chi connectivity index (χ2v) is 5.79. The molecule has 0 radical (unpaired) electrons. The van der Waals surface area contributed by atoms with Gasteiger partial charge in [0.15, 0.2) is 0 Å². The summed E-state index contributed by atoms with van der Waals surface area (Å²) in [6.45, 7) is 1.79. The van der Waals surface area contributed by atoms with Crippen molar-refractivity contribution in [3.63, 3.8) is 0 Å². The van der Waals surface area contributed by atoms with E-state index in [0.717, 1.165) is 5.56 Å². The highest BCUT2D eigenvalue weighted by atomic mass is 35.5. The fourth-order valence-electron chi connectivity index (χ4n) is 2.37. The maximum absolute atomic E-state index is 12.1. The Kier molecular flexibility index (Phi) is 4.54. The number of aliphatic carboxylic acids is 1. The molecule has 0 aliphatic heterocycles. The predicted octanol–water partition coefficient (Wildman–Crippen LogP) is 2.40. The van der Waals surface area contributed by atoms with Crippen molar-refractivity contribution in [1.82, 2.24) is 5.32 Å². The maximum Gasteiger partial charge on any atom is 0.319 e. The van der Waals surface area contributed by atoms with Crippen molar-refractivity contribution in [2.24, 2.45) is 5.41 Å². The molecule has 6 heteroatoms. The van der Waals surface area contributed by atoms with Gasteiger partial charge in [0, 0.05) is 12.1 Å². The van der Waals surface area contributed by atoms with E-state index in [4.69, 9.17) is 21.4 Å². The van der Waals surface area contributed by atoms with Crippen LogP contribution in [0.1, 0.15) is 31.4 Å². The molecule has 0 aromatic heterocycles. The van der Waals surface area contributed by atoms with Crippen LogP contribution in [0, 0.1) is 5.41 Å². The summed E-state index contributed by atoms with van der Waals surface area (Å²) >= 11 is 5.85. The first kappa shape index (κ1) is 15.8. The first-order valence-corrected chi connectivity index (χ1v) is 7.11. The van der Waals surface area contributed by atoms with E-state index >= 15 is 0 Å². The number of halogens is 1. The van der Waals surface area contributed by atoms with Crippen molar-refractivity contribution in [2.75, 3.05) is 7.11 Å². The molecule has 1 fully saturated rings. The number of benzene rings is 1. The fraction of sp³-hybridized carbons (Fsp3) is 0.467. The molecule has 2 N–H and O–H groups in total. The average Bonchev–Trinajstić information content (AvgIpc) is 3.23. The van der Waals surface area contributed by atoms with E-state index in [0.29, 0.717) is 17.9 Å². The average molecular weight is 312 g/mol. The second kappa shape index (κ2) is 6.03. The summed E-state index contributed by atoms with van der Waals surface area (Å²) in [6.07, 6.45) is 0.412. The normalized spacial score (nSPS) is 18.6. The molecule has 1 aliphatic rings. The van der Waals surface area contributed by atoms with Gasteiger partial charge in [0.05, 0.1) is 6.04 Å². The number of nitrogens with one attached hydrogen (secondary N) is 1. The lowest BCUT2D eigenvalue weighted by Gasteiger charge is -2.25. The Morgan fingerprint density at radius 1 is 1.33 bits per heavy atom. The van der Waals surface area contributed by atoms with Crippen LogP contribution in [0.3, 0.4) is 0 Å². The Labute approximate surface area is 128 Å². The van der Waals surface area contributed by atoms with Crippen LogP contribution in [0.4, 0.5) is 0 Å². The SMILES string of the molecule is COC(c1ccc(Cl)cc1)C(C)NC(=O)C1(C(=O)O)CC1. The molecule has 114 valence electrons. The van der Waals surface area contributed by atoms with Gasteiger partial charge in [0.25, 0.3) is 0 Å². The van der Waals surface area contributed by atoms with Crippen LogP contribution in [0.25, 0.3) is 0 Å². The van der Waals surface area contributed by atoms with E-state index < -0.39 is 17.3 Å². The molecule has 1 saturated carbocycles. The minimum Gasteiger partial charge on any atom is -0.480 e. The molecule has 21 heavy (non-hydrogen) atoms. The molecule has 1 aromatic carbocycles. The smallest absolute Gasteiger partial charge is 0.319 e. The lowest BCUT2D eigenvalue weighted by atomic mass is 10.0. The second-order valence-electron chi connectivity index (χ2n) is 5.36. The van der Waals surface area contributed by atoms with Crippen LogP contribution >= 0.6 is 11.6 Å². The van der Waals surface area contributed by atoms with Crippen LogP contribution < -0.4 is 5.32 Å². The van der Waals surface area contributed by atoms with E-state index in [2.05, 4.69) is 5.32 Å². The number of methoxy groups -OCH3 is 1. The topological polar surface area (TPSA) is 75.6 Å². The molecule has 0 saturated heterocycles.